The third-order valence-electron chi connectivity index (χ3n) is 4.77. The highest BCUT2D eigenvalue weighted by atomic mass is 32.2. The Labute approximate surface area is 165 Å². The van der Waals surface area contributed by atoms with E-state index in [0.29, 0.717) is 11.7 Å². The Kier molecular flexibility index (Phi) is 5.31. The molecule has 7 heteroatoms. The summed E-state index contributed by atoms with van der Waals surface area (Å²) in [7, 11) is 0. The molecule has 1 unspecified atom stereocenters. The number of nitrogens with one attached hydrogen (secondary N) is 2. The molecule has 0 saturated carbocycles. The number of H-pyrrole nitrogens is 1. The summed E-state index contributed by atoms with van der Waals surface area (Å²) in [4.78, 5) is 34.6. The molecule has 5 nitrogen and oxygen atoms in total. The predicted octanol–water partition coefficient (Wildman–Crippen LogP) is 3.66. The summed E-state index contributed by atoms with van der Waals surface area (Å²) in [6.45, 7) is 2.32. The molecule has 0 aliphatic heterocycles. The van der Waals surface area contributed by atoms with Crippen LogP contribution in [0.4, 0.5) is 0 Å². The van der Waals surface area contributed by atoms with E-state index in [9.17, 15) is 9.59 Å². The molecule has 2 N–H and O–H groups in total. The van der Waals surface area contributed by atoms with Crippen molar-refractivity contribution in [3.63, 3.8) is 0 Å². The highest BCUT2D eigenvalue weighted by Gasteiger charge is 2.21. The molecule has 4 rings (SSSR count). The lowest BCUT2D eigenvalue weighted by Crippen LogP contribution is -2.30. The number of amides is 1. The summed E-state index contributed by atoms with van der Waals surface area (Å²) in [5.74, 6) is -0.0722. The number of hydrogen-bond acceptors (Lipinski definition) is 5. The smallest absolute Gasteiger partial charge is 0.260 e. The highest BCUT2D eigenvalue weighted by Crippen LogP contribution is 2.34. The summed E-state index contributed by atoms with van der Waals surface area (Å²) in [6, 6.07) is 9.80. The number of aromatic nitrogens is 2. The molecule has 1 aliphatic rings. The number of fused-ring (bicyclic) bond motifs is 3. The number of thioether (sulfide) groups is 1. The number of aromatic amines is 1. The van der Waals surface area contributed by atoms with Gasteiger partial charge in [0.1, 0.15) is 4.83 Å². The van der Waals surface area contributed by atoms with E-state index >= 15 is 0 Å². The second-order valence-corrected chi connectivity index (χ2v) is 9.14. The quantitative estimate of drug-likeness (QED) is 0.507. The van der Waals surface area contributed by atoms with Gasteiger partial charge in [-0.2, -0.15) is 0 Å². The van der Waals surface area contributed by atoms with E-state index in [0.717, 1.165) is 35.0 Å². The van der Waals surface area contributed by atoms with Gasteiger partial charge in [0.15, 0.2) is 5.16 Å². The third kappa shape index (κ3) is 3.94. The van der Waals surface area contributed by atoms with Gasteiger partial charge in [0.2, 0.25) is 5.91 Å². The van der Waals surface area contributed by atoms with Crippen LogP contribution in [0.25, 0.3) is 10.2 Å². The number of benzene rings is 1. The molecule has 1 aromatic carbocycles. The first kappa shape index (κ1) is 18.3. The number of aryl methyl sites for hydroxylation is 2. The summed E-state index contributed by atoms with van der Waals surface area (Å²) < 4.78 is 0. The van der Waals surface area contributed by atoms with Crippen LogP contribution < -0.4 is 10.9 Å². The van der Waals surface area contributed by atoms with Crippen LogP contribution in [0, 0.1) is 0 Å². The lowest BCUT2D eigenvalue weighted by molar-refractivity contribution is -0.120. The van der Waals surface area contributed by atoms with E-state index in [1.807, 2.05) is 37.3 Å². The summed E-state index contributed by atoms with van der Waals surface area (Å²) in [6.07, 6.45) is 4.31. The van der Waals surface area contributed by atoms with Crippen molar-refractivity contribution in [2.75, 3.05) is 0 Å². The Morgan fingerprint density at radius 2 is 2.07 bits per heavy atom. The molecule has 0 radical (unpaired) electrons. The topological polar surface area (TPSA) is 74.8 Å². The first-order valence-corrected chi connectivity index (χ1v) is 10.8. The maximum Gasteiger partial charge on any atom is 0.260 e. The van der Waals surface area contributed by atoms with Crippen molar-refractivity contribution in [3.8, 4) is 0 Å². The van der Waals surface area contributed by atoms with Crippen molar-refractivity contribution in [2.24, 2.45) is 0 Å². The van der Waals surface area contributed by atoms with E-state index in [1.165, 1.54) is 28.6 Å². The highest BCUT2D eigenvalue weighted by molar-refractivity contribution is 8.00. The minimum atomic E-state index is -0.344. The Bertz CT molecular complexity index is 1030. The van der Waals surface area contributed by atoms with Crippen LogP contribution in [0.3, 0.4) is 0 Å². The number of hydrogen-bond donors (Lipinski definition) is 2. The fourth-order valence-electron chi connectivity index (χ4n) is 3.35. The average Bonchev–Trinajstić information content (AvgIpc) is 3.05. The minimum absolute atomic E-state index is 0.0722. The Balaban J connectivity index is 1.47. The van der Waals surface area contributed by atoms with Crippen molar-refractivity contribution in [1.29, 1.82) is 0 Å². The van der Waals surface area contributed by atoms with Gasteiger partial charge in [-0.05, 0) is 43.7 Å². The number of nitrogens with zero attached hydrogens (tertiary/aromatic N) is 1. The summed E-state index contributed by atoms with van der Waals surface area (Å²) in [5, 5.41) is 3.85. The number of carbonyl (C=O) groups is 1. The van der Waals surface area contributed by atoms with Crippen LogP contribution in [0.2, 0.25) is 0 Å². The standard InChI is InChI=1S/C20H21N3O2S2/c1-12(17(24)21-11-13-7-3-2-4-8-13)26-20-22-18(25)16-14-9-5-6-10-15(14)27-19(16)23-20/h2-4,7-8,12H,5-6,9-11H2,1H3,(H,21,24)(H,22,23,25). The summed E-state index contributed by atoms with van der Waals surface area (Å²) >= 11 is 2.92. The van der Waals surface area contributed by atoms with Crippen LogP contribution in [0.15, 0.2) is 40.3 Å². The van der Waals surface area contributed by atoms with Crippen molar-refractivity contribution >= 4 is 39.2 Å². The fourth-order valence-corrected chi connectivity index (χ4v) is 5.49. The molecule has 1 aliphatic carbocycles. The molecule has 2 aromatic heterocycles. The van der Waals surface area contributed by atoms with Gasteiger partial charge in [-0.1, -0.05) is 42.1 Å². The first-order chi connectivity index (χ1) is 13.1. The van der Waals surface area contributed by atoms with E-state index in [2.05, 4.69) is 15.3 Å². The molecule has 0 spiro atoms. The van der Waals surface area contributed by atoms with Gasteiger partial charge in [0.25, 0.3) is 5.56 Å². The second kappa shape index (κ2) is 7.86. The average molecular weight is 400 g/mol. The van der Waals surface area contributed by atoms with E-state index in [-0.39, 0.29) is 16.7 Å². The molecule has 140 valence electrons. The van der Waals surface area contributed by atoms with Gasteiger partial charge in [-0.15, -0.1) is 11.3 Å². The predicted molar refractivity (Wildman–Crippen MR) is 110 cm³/mol. The molecule has 1 amide bonds. The first-order valence-electron chi connectivity index (χ1n) is 9.14. The van der Waals surface area contributed by atoms with Crippen molar-refractivity contribution in [2.45, 2.75) is 49.6 Å². The zero-order valence-corrected chi connectivity index (χ0v) is 16.7. The Morgan fingerprint density at radius 3 is 2.89 bits per heavy atom. The monoisotopic (exact) mass is 399 g/mol. The fraction of sp³-hybridized carbons (Fsp3) is 0.350. The molecule has 0 bridgehead atoms. The number of rotatable bonds is 5. The van der Waals surface area contributed by atoms with Crippen molar-refractivity contribution in [1.82, 2.24) is 15.3 Å². The SMILES string of the molecule is CC(Sc1nc2sc3c(c2c(=O)[nH]1)CCCC3)C(=O)NCc1ccccc1. The van der Waals surface area contributed by atoms with Crippen LogP contribution in [0.1, 0.15) is 35.8 Å². The lowest BCUT2D eigenvalue weighted by atomic mass is 9.97. The number of carbonyl (C=O) groups excluding carboxylic acids is 1. The van der Waals surface area contributed by atoms with Gasteiger partial charge >= 0.3 is 0 Å². The Morgan fingerprint density at radius 1 is 1.30 bits per heavy atom. The minimum Gasteiger partial charge on any atom is -0.351 e. The van der Waals surface area contributed by atoms with Crippen molar-refractivity contribution < 1.29 is 4.79 Å². The molecule has 0 fully saturated rings. The second-order valence-electron chi connectivity index (χ2n) is 6.73. The van der Waals surface area contributed by atoms with E-state index in [1.54, 1.807) is 11.3 Å². The molecule has 2 heterocycles. The largest absolute Gasteiger partial charge is 0.351 e. The van der Waals surface area contributed by atoms with Gasteiger partial charge in [-0.25, -0.2) is 4.98 Å². The molecular formula is C20H21N3O2S2. The molecular weight excluding hydrogens is 378 g/mol. The van der Waals surface area contributed by atoms with Gasteiger partial charge in [-0.3, -0.25) is 9.59 Å². The maximum absolute atomic E-state index is 12.6. The molecule has 27 heavy (non-hydrogen) atoms. The normalized spacial score (nSPS) is 14.7. The van der Waals surface area contributed by atoms with Crippen molar-refractivity contribution in [3.05, 3.63) is 56.7 Å². The molecule has 1 atom stereocenters. The lowest BCUT2D eigenvalue weighted by Gasteiger charge is -2.11. The van der Waals surface area contributed by atoms with Gasteiger partial charge < -0.3 is 10.3 Å². The zero-order chi connectivity index (χ0) is 18.8. The van der Waals surface area contributed by atoms with E-state index < -0.39 is 0 Å². The Hall–Kier alpha value is -2.12. The van der Waals surface area contributed by atoms with Crippen LogP contribution >= 0.6 is 23.1 Å². The number of thiophene rings is 1. The zero-order valence-electron chi connectivity index (χ0n) is 15.1. The molecule has 0 saturated heterocycles. The van der Waals surface area contributed by atoms with Crippen LogP contribution in [-0.4, -0.2) is 21.1 Å². The maximum atomic E-state index is 12.6. The third-order valence-corrected chi connectivity index (χ3v) is 6.94. The van der Waals surface area contributed by atoms with Gasteiger partial charge in [0, 0.05) is 11.4 Å². The van der Waals surface area contributed by atoms with Crippen LogP contribution in [0.5, 0.6) is 0 Å². The van der Waals surface area contributed by atoms with Crippen LogP contribution in [-0.2, 0) is 24.2 Å². The summed E-state index contributed by atoms with van der Waals surface area (Å²) in [5.41, 5.74) is 2.15. The van der Waals surface area contributed by atoms with Gasteiger partial charge in [0.05, 0.1) is 10.6 Å². The van der Waals surface area contributed by atoms with E-state index in [4.69, 9.17) is 0 Å². The molecule has 3 aromatic rings.